The van der Waals surface area contributed by atoms with Gasteiger partial charge < -0.3 is 15.3 Å². The number of nitrogens with two attached hydrogens (primary N) is 1. The van der Waals surface area contributed by atoms with E-state index >= 15 is 0 Å². The molecule has 4 nitrogen and oxygen atoms in total. The zero-order valence-electron chi connectivity index (χ0n) is 11.0. The fraction of sp³-hybridized carbons (Fsp3) is 0.909. The first-order valence-corrected chi connectivity index (χ1v) is 8.77. The van der Waals surface area contributed by atoms with Crippen molar-refractivity contribution in [3.63, 3.8) is 0 Å². The minimum absolute atomic E-state index is 0.0758. The summed E-state index contributed by atoms with van der Waals surface area (Å²) in [5.41, 5.74) is 5.42. The van der Waals surface area contributed by atoms with Crippen LogP contribution in [0.15, 0.2) is 0 Å². The summed E-state index contributed by atoms with van der Waals surface area (Å²) in [6, 6.07) is 0.954. The van der Waals surface area contributed by atoms with Gasteiger partial charge >= 0.3 is 0 Å². The molecule has 0 saturated carbocycles. The summed E-state index contributed by atoms with van der Waals surface area (Å²) in [4.78, 5) is 11.1. The van der Waals surface area contributed by atoms with E-state index in [1.165, 1.54) is 0 Å². The Morgan fingerprint density at radius 1 is 1.44 bits per heavy atom. The van der Waals surface area contributed by atoms with Gasteiger partial charge in [0.2, 0.25) is 5.91 Å². The number of carbonyl (C=O) groups excluding carboxylic acids is 1. The van der Waals surface area contributed by atoms with E-state index in [2.05, 4.69) is 33.9 Å². The molecule has 3 N–H and O–H groups in total. The molecule has 0 rings (SSSR count). The Morgan fingerprint density at radius 2 is 1.94 bits per heavy atom. The maximum absolute atomic E-state index is 11.1. The van der Waals surface area contributed by atoms with Crippen molar-refractivity contribution >= 4 is 14.2 Å². The summed E-state index contributed by atoms with van der Waals surface area (Å²) in [7, 11) is -1.91. The SMILES string of the molecule is CC(C)(C)C[Si](C)(C)O[C@@H](CCO)C(N)=O. The third-order valence-electron chi connectivity index (χ3n) is 2.13. The van der Waals surface area contributed by atoms with Gasteiger partial charge in [-0.3, -0.25) is 4.79 Å². The Labute approximate surface area is 99.3 Å². The molecule has 0 radical (unpaired) electrons. The summed E-state index contributed by atoms with van der Waals surface area (Å²) < 4.78 is 5.82. The molecule has 0 unspecified atom stereocenters. The van der Waals surface area contributed by atoms with Crippen molar-refractivity contribution in [2.24, 2.45) is 11.1 Å². The van der Waals surface area contributed by atoms with Gasteiger partial charge in [-0.2, -0.15) is 0 Å². The van der Waals surface area contributed by atoms with Crippen LogP contribution in [0.4, 0.5) is 0 Å². The average molecular weight is 247 g/mol. The highest BCUT2D eigenvalue weighted by Crippen LogP contribution is 2.29. The average Bonchev–Trinajstić information content (AvgIpc) is 1.97. The third kappa shape index (κ3) is 6.98. The number of rotatable bonds is 6. The maximum Gasteiger partial charge on any atom is 0.245 e. The van der Waals surface area contributed by atoms with Crippen molar-refractivity contribution < 1.29 is 14.3 Å². The molecule has 96 valence electrons. The van der Waals surface area contributed by atoms with E-state index < -0.39 is 20.3 Å². The van der Waals surface area contributed by atoms with Crippen molar-refractivity contribution in [3.8, 4) is 0 Å². The van der Waals surface area contributed by atoms with Crippen molar-refractivity contribution in [1.29, 1.82) is 0 Å². The van der Waals surface area contributed by atoms with Gasteiger partial charge in [-0.15, -0.1) is 0 Å². The quantitative estimate of drug-likeness (QED) is 0.698. The molecule has 1 amide bonds. The molecule has 0 bridgehead atoms. The highest BCUT2D eigenvalue weighted by molar-refractivity contribution is 6.71. The highest BCUT2D eigenvalue weighted by Gasteiger charge is 2.33. The number of aliphatic hydroxyl groups is 1. The zero-order chi connectivity index (χ0) is 13.0. The second kappa shape index (κ2) is 5.79. The summed E-state index contributed by atoms with van der Waals surface area (Å²) in [5, 5.41) is 8.84. The second-order valence-corrected chi connectivity index (χ2v) is 10.1. The van der Waals surface area contributed by atoms with E-state index in [4.69, 9.17) is 15.3 Å². The lowest BCUT2D eigenvalue weighted by Crippen LogP contribution is -2.44. The molecule has 0 fully saturated rings. The predicted octanol–water partition coefficient (Wildman–Crippen LogP) is 1.49. The molecular formula is C11H25NO3Si. The summed E-state index contributed by atoms with van der Waals surface area (Å²) in [6.45, 7) is 10.5. The summed E-state index contributed by atoms with van der Waals surface area (Å²) >= 11 is 0. The van der Waals surface area contributed by atoms with Gasteiger partial charge in [-0.25, -0.2) is 0 Å². The van der Waals surface area contributed by atoms with Crippen molar-refractivity contribution in [2.45, 2.75) is 52.4 Å². The van der Waals surface area contributed by atoms with Crippen LogP contribution in [0.2, 0.25) is 19.1 Å². The third-order valence-corrected chi connectivity index (χ3v) is 4.96. The van der Waals surface area contributed by atoms with Crippen LogP contribution in [0.3, 0.4) is 0 Å². The van der Waals surface area contributed by atoms with Crippen LogP contribution in [0, 0.1) is 5.41 Å². The predicted molar refractivity (Wildman–Crippen MR) is 67.5 cm³/mol. The van der Waals surface area contributed by atoms with Crippen LogP contribution < -0.4 is 5.73 Å². The lowest BCUT2D eigenvalue weighted by Gasteiger charge is -2.33. The van der Waals surface area contributed by atoms with E-state index in [9.17, 15) is 4.79 Å². The molecule has 0 spiro atoms. The van der Waals surface area contributed by atoms with Gasteiger partial charge in [-0.05, 0) is 24.6 Å². The second-order valence-electron chi connectivity index (χ2n) is 6.02. The standard InChI is InChI=1S/C11H25NO3Si/c1-11(2,3)8-16(4,5)15-9(6-7-13)10(12)14/h9,13H,6-8H2,1-5H3,(H2,12,14)/t9-/m0/s1. The first kappa shape index (κ1) is 15.6. The fourth-order valence-electron chi connectivity index (χ4n) is 2.08. The topological polar surface area (TPSA) is 72.6 Å². The minimum atomic E-state index is -1.91. The van der Waals surface area contributed by atoms with Gasteiger partial charge in [0.1, 0.15) is 6.10 Å². The summed E-state index contributed by atoms with van der Waals surface area (Å²) in [5.74, 6) is -0.483. The van der Waals surface area contributed by atoms with E-state index in [0.29, 0.717) is 0 Å². The molecule has 0 aliphatic rings. The Bertz CT molecular complexity index is 236. The molecule has 0 aromatic heterocycles. The molecule has 0 saturated heterocycles. The number of primary amides is 1. The molecule has 0 aromatic carbocycles. The number of amides is 1. The van der Waals surface area contributed by atoms with Crippen molar-refractivity contribution in [2.75, 3.05) is 6.61 Å². The highest BCUT2D eigenvalue weighted by atomic mass is 28.4. The van der Waals surface area contributed by atoms with Crippen LogP contribution in [0.5, 0.6) is 0 Å². The summed E-state index contributed by atoms with van der Waals surface area (Å²) in [6.07, 6.45) is -0.357. The lowest BCUT2D eigenvalue weighted by atomic mass is 10.0. The molecule has 0 aliphatic carbocycles. The molecule has 5 heteroatoms. The van der Waals surface area contributed by atoms with E-state index in [-0.39, 0.29) is 18.4 Å². The molecular weight excluding hydrogens is 222 g/mol. The van der Waals surface area contributed by atoms with Crippen LogP contribution >= 0.6 is 0 Å². The van der Waals surface area contributed by atoms with Gasteiger partial charge in [0.15, 0.2) is 8.32 Å². The van der Waals surface area contributed by atoms with Crippen LogP contribution in [0.1, 0.15) is 27.2 Å². The Hall–Kier alpha value is -0.393. The molecule has 16 heavy (non-hydrogen) atoms. The minimum Gasteiger partial charge on any atom is -0.405 e. The normalized spacial score (nSPS) is 14.9. The number of aliphatic hydroxyl groups excluding tert-OH is 1. The Balaban J connectivity index is 4.47. The van der Waals surface area contributed by atoms with Crippen LogP contribution in [-0.2, 0) is 9.22 Å². The van der Waals surface area contributed by atoms with Crippen molar-refractivity contribution in [1.82, 2.24) is 0 Å². The Kier molecular flexibility index (Phi) is 5.65. The zero-order valence-corrected chi connectivity index (χ0v) is 12.0. The molecule has 0 heterocycles. The lowest BCUT2D eigenvalue weighted by molar-refractivity contribution is -0.125. The first-order chi connectivity index (χ1) is 7.07. The molecule has 1 atom stereocenters. The number of hydrogen-bond acceptors (Lipinski definition) is 3. The number of carbonyl (C=O) groups is 1. The monoisotopic (exact) mass is 247 g/mol. The number of hydrogen-bond donors (Lipinski definition) is 2. The Morgan fingerprint density at radius 3 is 2.25 bits per heavy atom. The first-order valence-electron chi connectivity index (χ1n) is 5.65. The van der Waals surface area contributed by atoms with Gasteiger partial charge in [0, 0.05) is 13.0 Å². The smallest absolute Gasteiger partial charge is 0.245 e. The van der Waals surface area contributed by atoms with E-state index in [1.54, 1.807) is 0 Å². The van der Waals surface area contributed by atoms with Crippen LogP contribution in [0.25, 0.3) is 0 Å². The van der Waals surface area contributed by atoms with E-state index in [0.717, 1.165) is 6.04 Å². The largest absolute Gasteiger partial charge is 0.405 e. The molecule has 0 aromatic rings. The van der Waals surface area contributed by atoms with Gasteiger partial charge in [0.25, 0.3) is 0 Å². The maximum atomic E-state index is 11.1. The van der Waals surface area contributed by atoms with Crippen molar-refractivity contribution in [3.05, 3.63) is 0 Å². The molecule has 0 aliphatic heterocycles. The van der Waals surface area contributed by atoms with Gasteiger partial charge in [0.05, 0.1) is 0 Å². The van der Waals surface area contributed by atoms with Crippen LogP contribution in [-0.4, -0.2) is 32.0 Å². The van der Waals surface area contributed by atoms with Gasteiger partial charge in [-0.1, -0.05) is 20.8 Å². The van der Waals surface area contributed by atoms with E-state index in [1.807, 2.05) is 0 Å². The fourth-order valence-corrected chi connectivity index (χ4v) is 5.72.